The van der Waals surface area contributed by atoms with Crippen LogP contribution < -0.4 is 16.2 Å². The number of benzene rings is 1. The number of aromatic nitrogens is 2. The largest absolute Gasteiger partial charge is 0.335 e. The third-order valence-corrected chi connectivity index (χ3v) is 6.07. The molecule has 1 aromatic heterocycles. The number of carbonyl (C=O) groups is 2. The zero-order chi connectivity index (χ0) is 20.1. The van der Waals surface area contributed by atoms with Crippen molar-refractivity contribution in [3.63, 3.8) is 0 Å². The van der Waals surface area contributed by atoms with Crippen molar-refractivity contribution in [2.45, 2.75) is 56.8 Å². The highest BCUT2D eigenvalue weighted by atomic mass is 79.9. The zero-order valence-electron chi connectivity index (χ0n) is 15.7. The van der Waals surface area contributed by atoms with E-state index in [4.69, 9.17) is 0 Å². The molecule has 0 atom stereocenters. The minimum absolute atomic E-state index is 0.0102. The predicted molar refractivity (Wildman–Crippen MR) is 114 cm³/mol. The van der Waals surface area contributed by atoms with Crippen LogP contribution in [0.2, 0.25) is 0 Å². The molecule has 2 aromatic rings. The smallest absolute Gasteiger partial charge is 0.321 e. The second-order valence-corrected chi connectivity index (χ2v) is 8.66. The number of nitrogens with one attached hydrogen (secondary N) is 2. The van der Waals surface area contributed by atoms with Crippen LogP contribution >= 0.6 is 27.7 Å². The molecule has 0 unspecified atom stereocenters. The number of halogens is 1. The Morgan fingerprint density at radius 3 is 2.79 bits per heavy atom. The number of carbonyl (C=O) groups excluding carboxylic acids is 2. The van der Waals surface area contributed by atoms with Gasteiger partial charge in [0.05, 0.1) is 16.7 Å². The molecule has 1 heterocycles. The Hall–Kier alpha value is -1.87. The van der Waals surface area contributed by atoms with E-state index < -0.39 is 11.9 Å². The molecule has 1 aliphatic carbocycles. The molecule has 0 aliphatic heterocycles. The van der Waals surface area contributed by atoms with Crippen molar-refractivity contribution in [1.29, 1.82) is 0 Å². The second-order valence-electron chi connectivity index (χ2n) is 6.80. The van der Waals surface area contributed by atoms with Crippen LogP contribution in [-0.2, 0) is 11.3 Å². The van der Waals surface area contributed by atoms with E-state index in [9.17, 15) is 14.4 Å². The van der Waals surface area contributed by atoms with Gasteiger partial charge in [-0.15, -0.1) is 0 Å². The van der Waals surface area contributed by atoms with Crippen molar-refractivity contribution < 1.29 is 9.59 Å². The molecule has 0 bridgehead atoms. The van der Waals surface area contributed by atoms with Gasteiger partial charge in [-0.3, -0.25) is 19.5 Å². The van der Waals surface area contributed by atoms with Gasteiger partial charge in [0.15, 0.2) is 5.16 Å². The number of hydrogen-bond acceptors (Lipinski definition) is 5. The summed E-state index contributed by atoms with van der Waals surface area (Å²) in [4.78, 5) is 41.5. The number of amides is 3. The zero-order valence-corrected chi connectivity index (χ0v) is 18.1. The average Bonchev–Trinajstić information content (AvgIpc) is 3.16. The molecule has 9 heteroatoms. The Balaban J connectivity index is 1.69. The molecule has 0 spiro atoms. The van der Waals surface area contributed by atoms with Crippen LogP contribution in [0.15, 0.2) is 32.6 Å². The maximum Gasteiger partial charge on any atom is 0.321 e. The number of rotatable bonds is 6. The molecule has 7 nitrogen and oxygen atoms in total. The van der Waals surface area contributed by atoms with E-state index in [2.05, 4.69) is 31.5 Å². The maximum atomic E-state index is 12.8. The number of nitrogens with zero attached hydrogens (tertiary/aromatic N) is 2. The Bertz CT molecular complexity index is 941. The summed E-state index contributed by atoms with van der Waals surface area (Å²) in [5.74, 6) is -0.398. The van der Waals surface area contributed by atoms with E-state index in [-0.39, 0.29) is 17.4 Å². The summed E-state index contributed by atoms with van der Waals surface area (Å²) in [6, 6.07) is 5.05. The summed E-state index contributed by atoms with van der Waals surface area (Å²) in [7, 11) is 0. The van der Waals surface area contributed by atoms with Crippen LogP contribution in [0.4, 0.5) is 4.79 Å². The van der Waals surface area contributed by atoms with Gasteiger partial charge in [0, 0.05) is 17.1 Å². The lowest BCUT2D eigenvalue weighted by Crippen LogP contribution is -2.44. The first kappa shape index (κ1) is 20.9. The van der Waals surface area contributed by atoms with Gasteiger partial charge < -0.3 is 5.32 Å². The van der Waals surface area contributed by atoms with Gasteiger partial charge in [-0.1, -0.05) is 47.5 Å². The lowest BCUT2D eigenvalue weighted by Gasteiger charge is -2.13. The fraction of sp³-hybridized carbons (Fsp3) is 0.474. The number of imide groups is 1. The van der Waals surface area contributed by atoms with Crippen molar-refractivity contribution in [2.75, 3.05) is 5.75 Å². The molecular formula is C19H23BrN4O3S. The van der Waals surface area contributed by atoms with Crippen LogP contribution in [0.1, 0.15) is 39.0 Å². The van der Waals surface area contributed by atoms with E-state index in [1.807, 2.05) is 13.0 Å². The van der Waals surface area contributed by atoms with E-state index in [1.165, 1.54) is 0 Å². The summed E-state index contributed by atoms with van der Waals surface area (Å²) in [6.45, 7) is 2.49. The molecule has 28 heavy (non-hydrogen) atoms. The number of urea groups is 1. The van der Waals surface area contributed by atoms with Crippen LogP contribution in [0.25, 0.3) is 10.9 Å². The maximum absolute atomic E-state index is 12.8. The summed E-state index contributed by atoms with van der Waals surface area (Å²) in [6.07, 6.45) is 4.89. The van der Waals surface area contributed by atoms with Gasteiger partial charge in [-0.25, -0.2) is 9.78 Å². The SMILES string of the molecule is CCCn1c(SCC(=O)NC(=O)NC2CCCC2)nc2ccc(Br)cc2c1=O. The summed E-state index contributed by atoms with van der Waals surface area (Å²) >= 11 is 4.54. The van der Waals surface area contributed by atoms with Gasteiger partial charge in [0.1, 0.15) is 0 Å². The number of fused-ring (bicyclic) bond motifs is 1. The Kier molecular flexibility index (Phi) is 7.12. The van der Waals surface area contributed by atoms with E-state index in [1.54, 1.807) is 16.7 Å². The summed E-state index contributed by atoms with van der Waals surface area (Å²) < 4.78 is 2.40. The van der Waals surface area contributed by atoms with Crippen LogP contribution in [0, 0.1) is 0 Å². The van der Waals surface area contributed by atoms with Crippen molar-refractivity contribution in [2.24, 2.45) is 0 Å². The fourth-order valence-corrected chi connectivity index (χ4v) is 4.47. The predicted octanol–water partition coefficient (Wildman–Crippen LogP) is 3.43. The van der Waals surface area contributed by atoms with Crippen LogP contribution in [0.3, 0.4) is 0 Å². The quantitative estimate of drug-likeness (QED) is 0.502. The lowest BCUT2D eigenvalue weighted by atomic mass is 10.2. The van der Waals surface area contributed by atoms with Crippen LogP contribution in [-0.4, -0.2) is 33.3 Å². The first-order chi connectivity index (χ1) is 13.5. The average molecular weight is 467 g/mol. The molecule has 1 saturated carbocycles. The Labute approximate surface area is 175 Å². The topological polar surface area (TPSA) is 93.1 Å². The minimum atomic E-state index is -0.459. The molecular weight excluding hydrogens is 444 g/mol. The van der Waals surface area contributed by atoms with Crippen LogP contribution in [0.5, 0.6) is 0 Å². The molecule has 3 rings (SSSR count). The number of thioether (sulfide) groups is 1. The van der Waals surface area contributed by atoms with Gasteiger partial charge >= 0.3 is 6.03 Å². The summed E-state index contributed by atoms with van der Waals surface area (Å²) in [5.41, 5.74) is 0.456. The van der Waals surface area contributed by atoms with E-state index in [0.717, 1.165) is 48.3 Å². The first-order valence-electron chi connectivity index (χ1n) is 9.41. The lowest BCUT2D eigenvalue weighted by molar-refractivity contribution is -0.117. The van der Waals surface area contributed by atoms with Crippen molar-refractivity contribution in [3.8, 4) is 0 Å². The number of hydrogen-bond donors (Lipinski definition) is 2. The highest BCUT2D eigenvalue weighted by molar-refractivity contribution is 9.10. The van der Waals surface area contributed by atoms with Crippen molar-refractivity contribution in [3.05, 3.63) is 33.0 Å². The normalized spacial score (nSPS) is 14.4. The van der Waals surface area contributed by atoms with Crippen molar-refractivity contribution >= 4 is 50.5 Å². The molecule has 2 N–H and O–H groups in total. The summed E-state index contributed by atoms with van der Waals surface area (Å²) in [5, 5.41) is 6.19. The second kappa shape index (κ2) is 9.56. The van der Waals surface area contributed by atoms with Gasteiger partial charge in [0.2, 0.25) is 5.91 Å². The molecule has 0 saturated heterocycles. The van der Waals surface area contributed by atoms with Crippen molar-refractivity contribution in [1.82, 2.24) is 20.2 Å². The monoisotopic (exact) mass is 466 g/mol. The highest BCUT2D eigenvalue weighted by Crippen LogP contribution is 2.21. The van der Waals surface area contributed by atoms with Gasteiger partial charge in [0.25, 0.3) is 5.56 Å². The molecule has 150 valence electrons. The molecule has 1 aliphatic rings. The standard InChI is InChI=1S/C19H23BrN4O3S/c1-2-9-24-17(26)14-10-12(20)7-8-15(14)22-19(24)28-11-16(25)23-18(27)21-13-5-3-4-6-13/h7-8,10,13H,2-6,9,11H2,1H3,(H2,21,23,25,27). The third-order valence-electron chi connectivity index (χ3n) is 4.60. The molecule has 1 fully saturated rings. The Morgan fingerprint density at radius 1 is 1.32 bits per heavy atom. The Morgan fingerprint density at radius 2 is 2.07 bits per heavy atom. The van der Waals surface area contributed by atoms with E-state index >= 15 is 0 Å². The minimum Gasteiger partial charge on any atom is -0.335 e. The third kappa shape index (κ3) is 5.14. The molecule has 0 radical (unpaired) electrons. The fourth-order valence-electron chi connectivity index (χ4n) is 3.29. The highest BCUT2D eigenvalue weighted by Gasteiger charge is 2.19. The van der Waals surface area contributed by atoms with E-state index in [0.29, 0.717) is 22.6 Å². The van der Waals surface area contributed by atoms with Gasteiger partial charge in [-0.05, 0) is 37.5 Å². The first-order valence-corrected chi connectivity index (χ1v) is 11.2. The molecule has 1 aromatic carbocycles. The van der Waals surface area contributed by atoms with Gasteiger partial charge in [-0.2, -0.15) is 0 Å². The molecule has 3 amide bonds.